The Hall–Kier alpha value is -0.430. The Morgan fingerprint density at radius 1 is 0.875 bits per heavy atom. The van der Waals surface area contributed by atoms with Gasteiger partial charge in [0.1, 0.15) is 0 Å². The quantitative estimate of drug-likeness (QED) is 0.437. The van der Waals surface area contributed by atoms with Gasteiger partial charge in [0, 0.05) is 12.6 Å². The summed E-state index contributed by atoms with van der Waals surface area (Å²) in [6.07, 6.45) is 17.6. The SMILES string of the molecule is CC(C)(C)C[C@@H](O)C1CCCN1Cc1ccccc1P(C1CCCCC1)C1CCCCC1. The Balaban J connectivity index is 1.56. The highest BCUT2D eigenvalue weighted by Crippen LogP contribution is 2.55. The van der Waals surface area contributed by atoms with E-state index in [0.717, 1.165) is 37.2 Å². The number of rotatable bonds is 7. The highest BCUT2D eigenvalue weighted by molar-refractivity contribution is 7.67. The predicted molar refractivity (Wildman–Crippen MR) is 140 cm³/mol. The van der Waals surface area contributed by atoms with Gasteiger partial charge in [-0.3, -0.25) is 4.90 Å². The van der Waals surface area contributed by atoms with E-state index in [1.165, 1.54) is 70.6 Å². The summed E-state index contributed by atoms with van der Waals surface area (Å²) in [5, 5.41) is 12.8. The molecule has 0 aromatic heterocycles. The maximum absolute atomic E-state index is 11.1. The third-order valence-electron chi connectivity index (χ3n) is 8.26. The number of benzene rings is 1. The van der Waals surface area contributed by atoms with Crippen molar-refractivity contribution >= 4 is 13.2 Å². The fourth-order valence-corrected chi connectivity index (χ4v) is 10.7. The van der Waals surface area contributed by atoms with Gasteiger partial charge in [-0.15, -0.1) is 0 Å². The first-order valence-corrected chi connectivity index (χ1v) is 15.2. The van der Waals surface area contributed by atoms with E-state index in [4.69, 9.17) is 0 Å². The van der Waals surface area contributed by atoms with Gasteiger partial charge in [0.05, 0.1) is 6.10 Å². The van der Waals surface area contributed by atoms with Crippen molar-refractivity contribution in [3.63, 3.8) is 0 Å². The van der Waals surface area contributed by atoms with E-state index in [1.54, 1.807) is 10.9 Å². The van der Waals surface area contributed by atoms with Crippen molar-refractivity contribution in [1.82, 2.24) is 4.90 Å². The first-order valence-electron chi connectivity index (χ1n) is 13.7. The third-order valence-corrected chi connectivity index (χ3v) is 11.9. The smallest absolute Gasteiger partial charge is 0.0700 e. The van der Waals surface area contributed by atoms with Crippen LogP contribution in [-0.2, 0) is 6.54 Å². The van der Waals surface area contributed by atoms with Crippen LogP contribution in [0.4, 0.5) is 0 Å². The van der Waals surface area contributed by atoms with E-state index >= 15 is 0 Å². The molecule has 0 spiro atoms. The molecule has 1 unspecified atom stereocenters. The number of hydrogen-bond donors (Lipinski definition) is 1. The maximum Gasteiger partial charge on any atom is 0.0700 e. The molecule has 1 aromatic carbocycles. The van der Waals surface area contributed by atoms with Crippen LogP contribution in [0.1, 0.15) is 110 Å². The fraction of sp³-hybridized carbons (Fsp3) is 0.793. The van der Waals surface area contributed by atoms with Gasteiger partial charge in [-0.2, -0.15) is 0 Å². The zero-order chi connectivity index (χ0) is 22.6. The Labute approximate surface area is 199 Å². The molecule has 3 fully saturated rings. The van der Waals surface area contributed by atoms with Gasteiger partial charge in [0.15, 0.2) is 0 Å². The standard InChI is InChI=1S/C29H48NOP/c1-29(2,3)21-27(31)26-18-12-20-30(26)22-23-13-10-11-19-28(23)32(24-14-6-4-7-15-24)25-16-8-5-9-17-25/h10-11,13,19,24-27,31H,4-9,12,14-18,20-22H2,1-3H3/t26?,27-/m1/s1. The Morgan fingerprint density at radius 2 is 1.47 bits per heavy atom. The summed E-state index contributed by atoms with van der Waals surface area (Å²) in [5.74, 6) is 0. The molecule has 3 aliphatic rings. The van der Waals surface area contributed by atoms with Gasteiger partial charge in [-0.05, 0) is 79.1 Å². The van der Waals surface area contributed by atoms with Gasteiger partial charge in [0.2, 0.25) is 0 Å². The molecule has 3 heteroatoms. The molecular formula is C29H48NOP. The number of hydrogen-bond acceptors (Lipinski definition) is 2. The van der Waals surface area contributed by atoms with Crippen molar-refractivity contribution in [2.45, 2.75) is 134 Å². The summed E-state index contributed by atoms with van der Waals surface area (Å²) in [6, 6.07) is 9.86. The second-order valence-electron chi connectivity index (χ2n) is 12.1. The topological polar surface area (TPSA) is 23.5 Å². The largest absolute Gasteiger partial charge is 0.391 e. The highest BCUT2D eigenvalue weighted by Gasteiger charge is 2.36. The van der Waals surface area contributed by atoms with Crippen molar-refractivity contribution in [3.8, 4) is 0 Å². The van der Waals surface area contributed by atoms with Crippen molar-refractivity contribution in [2.24, 2.45) is 5.41 Å². The van der Waals surface area contributed by atoms with E-state index < -0.39 is 0 Å². The van der Waals surface area contributed by atoms with E-state index in [1.807, 2.05) is 0 Å². The molecule has 2 aliphatic carbocycles. The zero-order valence-electron chi connectivity index (χ0n) is 21.1. The number of likely N-dealkylation sites (tertiary alicyclic amines) is 1. The molecule has 1 heterocycles. The molecule has 1 aromatic rings. The van der Waals surface area contributed by atoms with Crippen molar-refractivity contribution in [1.29, 1.82) is 0 Å². The van der Waals surface area contributed by atoms with E-state index in [9.17, 15) is 5.11 Å². The number of aliphatic hydroxyl groups excluding tert-OH is 1. The Bertz CT molecular complexity index is 683. The molecule has 2 nitrogen and oxygen atoms in total. The Morgan fingerprint density at radius 3 is 2.06 bits per heavy atom. The lowest BCUT2D eigenvalue weighted by Gasteiger charge is -2.40. The highest BCUT2D eigenvalue weighted by atomic mass is 31.1. The van der Waals surface area contributed by atoms with Crippen LogP contribution in [0.25, 0.3) is 0 Å². The predicted octanol–water partition coefficient (Wildman–Crippen LogP) is 7.22. The lowest BCUT2D eigenvalue weighted by molar-refractivity contribution is 0.0392. The molecule has 2 atom stereocenters. The van der Waals surface area contributed by atoms with Crippen LogP contribution in [-0.4, -0.2) is 40.0 Å². The van der Waals surface area contributed by atoms with E-state index in [2.05, 4.69) is 49.9 Å². The molecule has 1 N–H and O–H groups in total. The van der Waals surface area contributed by atoms with Crippen LogP contribution in [0.5, 0.6) is 0 Å². The molecular weight excluding hydrogens is 409 g/mol. The minimum absolute atomic E-state index is 0.0740. The molecule has 0 bridgehead atoms. The molecule has 1 aliphatic heterocycles. The second-order valence-corrected chi connectivity index (χ2v) is 14.9. The average molecular weight is 458 g/mol. The molecule has 180 valence electrons. The number of aliphatic hydroxyl groups is 1. The lowest BCUT2D eigenvalue weighted by Crippen LogP contribution is -2.41. The molecule has 2 saturated carbocycles. The lowest BCUT2D eigenvalue weighted by atomic mass is 9.86. The second kappa shape index (κ2) is 11.3. The van der Waals surface area contributed by atoms with Crippen molar-refractivity contribution in [2.75, 3.05) is 6.54 Å². The zero-order valence-corrected chi connectivity index (χ0v) is 22.0. The molecule has 4 rings (SSSR count). The summed E-state index contributed by atoms with van der Waals surface area (Å²) in [6.45, 7) is 8.95. The fourth-order valence-electron chi connectivity index (χ4n) is 6.77. The van der Waals surface area contributed by atoms with Gasteiger partial charge in [-0.1, -0.05) is 91.5 Å². The van der Waals surface area contributed by atoms with E-state index in [0.29, 0.717) is 6.04 Å². The third kappa shape index (κ3) is 6.37. The van der Waals surface area contributed by atoms with Crippen LogP contribution < -0.4 is 5.30 Å². The van der Waals surface area contributed by atoms with Crippen LogP contribution in [0, 0.1) is 5.41 Å². The summed E-state index contributed by atoms with van der Waals surface area (Å²) in [7, 11) is -0.0740. The monoisotopic (exact) mass is 457 g/mol. The van der Waals surface area contributed by atoms with Gasteiger partial charge >= 0.3 is 0 Å². The summed E-state index contributed by atoms with van der Waals surface area (Å²) in [4.78, 5) is 2.63. The summed E-state index contributed by atoms with van der Waals surface area (Å²) >= 11 is 0. The van der Waals surface area contributed by atoms with E-state index in [-0.39, 0.29) is 19.4 Å². The minimum atomic E-state index is -0.206. The molecule has 32 heavy (non-hydrogen) atoms. The Kier molecular flexibility index (Phi) is 8.74. The van der Waals surface area contributed by atoms with Crippen LogP contribution in [0.15, 0.2) is 24.3 Å². The minimum Gasteiger partial charge on any atom is -0.391 e. The first kappa shape index (κ1) is 24.7. The average Bonchev–Trinajstić information content (AvgIpc) is 3.24. The number of nitrogens with zero attached hydrogens (tertiary/aromatic N) is 1. The maximum atomic E-state index is 11.1. The van der Waals surface area contributed by atoms with Gasteiger partial charge in [-0.25, -0.2) is 0 Å². The van der Waals surface area contributed by atoms with Gasteiger partial charge in [0.25, 0.3) is 0 Å². The summed E-state index contributed by atoms with van der Waals surface area (Å²) in [5.41, 5.74) is 3.67. The summed E-state index contributed by atoms with van der Waals surface area (Å²) < 4.78 is 0. The van der Waals surface area contributed by atoms with Crippen LogP contribution >= 0.6 is 7.92 Å². The molecule has 0 amide bonds. The van der Waals surface area contributed by atoms with Crippen molar-refractivity contribution in [3.05, 3.63) is 29.8 Å². The van der Waals surface area contributed by atoms with Crippen LogP contribution in [0.2, 0.25) is 0 Å². The molecule has 1 saturated heterocycles. The van der Waals surface area contributed by atoms with Crippen molar-refractivity contribution < 1.29 is 5.11 Å². The normalized spacial score (nSPS) is 25.5. The van der Waals surface area contributed by atoms with Crippen LogP contribution in [0.3, 0.4) is 0 Å². The molecule has 0 radical (unpaired) electrons. The first-order chi connectivity index (χ1) is 15.4. The van der Waals surface area contributed by atoms with Gasteiger partial charge < -0.3 is 5.11 Å².